The molecule has 0 atom stereocenters. The molecule has 0 saturated heterocycles. The Bertz CT molecular complexity index is 1420. The Morgan fingerprint density at radius 2 is 1.84 bits per heavy atom. The highest BCUT2D eigenvalue weighted by Crippen LogP contribution is 2.39. The third kappa shape index (κ3) is 3.55. The lowest BCUT2D eigenvalue weighted by Gasteiger charge is -2.19. The average molecular weight is 441 g/mol. The number of hydrogen-bond acceptors (Lipinski definition) is 7. The molecule has 1 N–H and O–H groups in total. The van der Waals surface area contributed by atoms with Crippen LogP contribution >= 0.6 is 11.3 Å². The fourth-order valence-corrected chi connectivity index (χ4v) is 5.13. The molecule has 0 spiro atoms. The van der Waals surface area contributed by atoms with Crippen molar-refractivity contribution >= 4 is 32.6 Å². The normalized spacial score (nSPS) is 14.2. The second kappa shape index (κ2) is 7.85. The van der Waals surface area contributed by atoms with Gasteiger partial charge in [-0.2, -0.15) is 0 Å². The molecular formula is C25H20N4O2S. The molecule has 1 aliphatic heterocycles. The summed E-state index contributed by atoms with van der Waals surface area (Å²) < 4.78 is 7.07. The summed E-state index contributed by atoms with van der Waals surface area (Å²) in [5, 5.41) is 11.6. The van der Waals surface area contributed by atoms with Crippen molar-refractivity contribution in [1.29, 1.82) is 0 Å². The summed E-state index contributed by atoms with van der Waals surface area (Å²) in [6.45, 7) is 2.74. The fraction of sp³-hybridized carbons (Fsp3) is 0.160. The molecule has 6 nitrogen and oxygen atoms in total. The zero-order chi connectivity index (χ0) is 21.5. The number of rotatable bonds is 3. The molecule has 0 saturated carbocycles. The molecule has 3 heterocycles. The number of hydrogen-bond donors (Lipinski definition) is 1. The molecule has 6 rings (SSSR count). The van der Waals surface area contributed by atoms with Crippen molar-refractivity contribution in [3.05, 3.63) is 78.1 Å². The first kappa shape index (κ1) is 19.2. The van der Waals surface area contributed by atoms with E-state index in [1.54, 1.807) is 29.8 Å². The van der Waals surface area contributed by atoms with Crippen molar-refractivity contribution in [2.45, 2.75) is 13.1 Å². The maximum atomic E-state index is 10.7. The van der Waals surface area contributed by atoms with E-state index in [9.17, 15) is 5.11 Å². The van der Waals surface area contributed by atoms with Gasteiger partial charge in [-0.3, -0.25) is 14.9 Å². The van der Waals surface area contributed by atoms with Crippen LogP contribution in [0.15, 0.2) is 67.0 Å². The molecule has 0 bridgehead atoms. The van der Waals surface area contributed by atoms with Gasteiger partial charge in [-0.15, -0.1) is 11.3 Å². The third-order valence-electron chi connectivity index (χ3n) is 5.67. The van der Waals surface area contributed by atoms with Gasteiger partial charge < -0.3 is 9.84 Å². The molecule has 3 aromatic carbocycles. The van der Waals surface area contributed by atoms with Crippen LogP contribution in [0, 0.1) is 0 Å². The number of aromatic nitrogens is 3. The van der Waals surface area contributed by atoms with E-state index in [4.69, 9.17) is 9.72 Å². The predicted molar refractivity (Wildman–Crippen MR) is 126 cm³/mol. The van der Waals surface area contributed by atoms with Crippen molar-refractivity contribution in [1.82, 2.24) is 19.9 Å². The number of nitrogens with zero attached hydrogens (tertiary/aromatic N) is 4. The largest absolute Gasteiger partial charge is 0.504 e. The minimum Gasteiger partial charge on any atom is -0.504 e. The van der Waals surface area contributed by atoms with Crippen molar-refractivity contribution in [2.24, 2.45) is 0 Å². The number of thiazole rings is 1. The lowest BCUT2D eigenvalue weighted by atomic mass is 10.1. The average Bonchev–Trinajstić information content (AvgIpc) is 3.14. The number of para-hydroxylation sites is 1. The van der Waals surface area contributed by atoms with E-state index in [1.165, 1.54) is 5.56 Å². The first-order chi connectivity index (χ1) is 15.7. The van der Waals surface area contributed by atoms with Crippen molar-refractivity contribution < 1.29 is 9.84 Å². The molecule has 0 unspecified atom stereocenters. The van der Waals surface area contributed by atoms with Gasteiger partial charge in [0.2, 0.25) is 0 Å². The summed E-state index contributed by atoms with van der Waals surface area (Å²) in [5.41, 5.74) is 5.82. The number of benzene rings is 3. The highest BCUT2D eigenvalue weighted by molar-refractivity contribution is 7.21. The number of aromatic hydroxyl groups is 1. The van der Waals surface area contributed by atoms with Crippen LogP contribution in [0.5, 0.6) is 11.5 Å². The summed E-state index contributed by atoms with van der Waals surface area (Å²) in [4.78, 5) is 15.8. The SMILES string of the molecule is Oc1cc(-c2nc3ccccc3s2)cc2c1OCCN(Cc1ccc3nccnc3c1)C2. The van der Waals surface area contributed by atoms with Gasteiger partial charge in [0.1, 0.15) is 11.6 Å². The maximum Gasteiger partial charge on any atom is 0.165 e. The molecule has 0 fully saturated rings. The van der Waals surface area contributed by atoms with Gasteiger partial charge in [-0.05, 0) is 42.0 Å². The van der Waals surface area contributed by atoms with Gasteiger partial charge in [0.25, 0.3) is 0 Å². The molecule has 7 heteroatoms. The number of phenols is 1. The van der Waals surface area contributed by atoms with Crippen molar-refractivity contribution in [2.75, 3.05) is 13.2 Å². The van der Waals surface area contributed by atoms with E-state index < -0.39 is 0 Å². The van der Waals surface area contributed by atoms with E-state index >= 15 is 0 Å². The van der Waals surface area contributed by atoms with Gasteiger partial charge in [0.05, 0.1) is 21.3 Å². The second-order valence-electron chi connectivity index (χ2n) is 7.91. The highest BCUT2D eigenvalue weighted by Gasteiger charge is 2.21. The fourth-order valence-electron chi connectivity index (χ4n) is 4.17. The number of phenolic OH excluding ortho intramolecular Hbond substituents is 1. The van der Waals surface area contributed by atoms with E-state index in [1.807, 2.05) is 24.3 Å². The van der Waals surface area contributed by atoms with Crippen LogP contribution in [0.25, 0.3) is 31.8 Å². The van der Waals surface area contributed by atoms with E-state index in [0.717, 1.165) is 50.5 Å². The first-order valence-corrected chi connectivity index (χ1v) is 11.3. The van der Waals surface area contributed by atoms with Gasteiger partial charge in [-0.1, -0.05) is 18.2 Å². The standard InChI is InChI=1S/C25H20N4O2S/c30-22-13-17(25-28-20-3-1-2-4-23(20)32-25)12-18-15-29(9-10-31-24(18)22)14-16-5-6-19-21(11-16)27-8-7-26-19/h1-8,11-13,30H,9-10,14-15H2. The summed E-state index contributed by atoms with van der Waals surface area (Å²) in [6.07, 6.45) is 3.43. The van der Waals surface area contributed by atoms with Crippen LogP contribution in [-0.2, 0) is 13.1 Å². The topological polar surface area (TPSA) is 71.4 Å². The predicted octanol–water partition coefficient (Wildman–Crippen LogP) is 5.01. The van der Waals surface area contributed by atoms with Crippen molar-refractivity contribution in [3.63, 3.8) is 0 Å². The molecule has 2 aromatic heterocycles. The highest BCUT2D eigenvalue weighted by atomic mass is 32.1. The molecule has 0 amide bonds. The molecule has 5 aromatic rings. The van der Waals surface area contributed by atoms with E-state index in [0.29, 0.717) is 18.9 Å². The number of ether oxygens (including phenoxy) is 1. The van der Waals surface area contributed by atoms with Crippen molar-refractivity contribution in [3.8, 4) is 22.1 Å². The van der Waals surface area contributed by atoms with Crippen LogP contribution in [-0.4, -0.2) is 38.1 Å². The Morgan fingerprint density at radius 1 is 0.969 bits per heavy atom. The smallest absolute Gasteiger partial charge is 0.165 e. The molecule has 0 aliphatic carbocycles. The van der Waals surface area contributed by atoms with Crippen LogP contribution < -0.4 is 4.74 Å². The Kier molecular flexibility index (Phi) is 4.70. The Labute approximate surface area is 188 Å². The summed E-state index contributed by atoms with van der Waals surface area (Å²) in [7, 11) is 0. The Hall–Kier alpha value is -3.55. The first-order valence-electron chi connectivity index (χ1n) is 10.5. The van der Waals surface area contributed by atoms with Crippen LogP contribution in [0.2, 0.25) is 0 Å². The summed E-state index contributed by atoms with van der Waals surface area (Å²) >= 11 is 1.63. The lowest BCUT2D eigenvalue weighted by Crippen LogP contribution is -2.25. The van der Waals surface area contributed by atoms with E-state index in [-0.39, 0.29) is 5.75 Å². The molecule has 0 radical (unpaired) electrons. The minimum absolute atomic E-state index is 0.166. The lowest BCUT2D eigenvalue weighted by molar-refractivity contribution is 0.217. The molecule has 158 valence electrons. The third-order valence-corrected chi connectivity index (χ3v) is 6.76. The van der Waals surface area contributed by atoms with Gasteiger partial charge in [0, 0.05) is 43.2 Å². The summed E-state index contributed by atoms with van der Waals surface area (Å²) in [5.74, 6) is 0.737. The zero-order valence-electron chi connectivity index (χ0n) is 17.2. The summed E-state index contributed by atoms with van der Waals surface area (Å²) in [6, 6.07) is 18.1. The number of fused-ring (bicyclic) bond motifs is 3. The van der Waals surface area contributed by atoms with Gasteiger partial charge in [0.15, 0.2) is 11.5 Å². The molecule has 32 heavy (non-hydrogen) atoms. The Morgan fingerprint density at radius 3 is 2.75 bits per heavy atom. The van der Waals surface area contributed by atoms with Gasteiger partial charge in [-0.25, -0.2) is 4.98 Å². The van der Waals surface area contributed by atoms with E-state index in [2.05, 4.69) is 39.1 Å². The Balaban J connectivity index is 1.32. The van der Waals surface area contributed by atoms with Crippen LogP contribution in [0.4, 0.5) is 0 Å². The van der Waals surface area contributed by atoms with Crippen LogP contribution in [0.1, 0.15) is 11.1 Å². The molecular weight excluding hydrogens is 420 g/mol. The second-order valence-corrected chi connectivity index (χ2v) is 8.94. The quantitative estimate of drug-likeness (QED) is 0.425. The monoisotopic (exact) mass is 440 g/mol. The minimum atomic E-state index is 0.166. The molecule has 1 aliphatic rings. The van der Waals surface area contributed by atoms with Crippen LogP contribution in [0.3, 0.4) is 0 Å². The maximum absolute atomic E-state index is 10.7. The zero-order valence-corrected chi connectivity index (χ0v) is 18.0. The van der Waals surface area contributed by atoms with Gasteiger partial charge >= 0.3 is 0 Å².